The smallest absolute Gasteiger partial charge is 0.146 e. The molecular weight excluding hydrogens is 288 g/mol. The van der Waals surface area contributed by atoms with E-state index >= 15 is 0 Å². The summed E-state index contributed by atoms with van der Waals surface area (Å²) < 4.78 is 27.5. The third kappa shape index (κ3) is 2.95. The number of aryl methyl sites for hydroxylation is 3. The van der Waals surface area contributed by atoms with Crippen molar-refractivity contribution < 1.29 is 8.78 Å². The molecule has 4 heteroatoms. The normalized spacial score (nSPS) is 15.6. The highest BCUT2D eigenvalue weighted by Crippen LogP contribution is 2.34. The zero-order valence-corrected chi connectivity index (χ0v) is 13.1. The van der Waals surface area contributed by atoms with Gasteiger partial charge in [-0.2, -0.15) is 0 Å². The Hall–Kier alpha value is -1.42. The van der Waals surface area contributed by atoms with Crippen LogP contribution in [0, 0.1) is 18.6 Å². The average Bonchev–Trinajstić information content (AvgIpc) is 2.88. The van der Waals surface area contributed by atoms with Gasteiger partial charge in [-0.3, -0.25) is 0 Å². The quantitative estimate of drug-likeness (QED) is 0.802. The first-order chi connectivity index (χ1) is 10.0. The molecule has 1 unspecified atom stereocenters. The van der Waals surface area contributed by atoms with E-state index in [2.05, 4.69) is 11.4 Å². The third-order valence-corrected chi connectivity index (χ3v) is 5.48. The van der Waals surface area contributed by atoms with Crippen LogP contribution in [0.2, 0.25) is 0 Å². The van der Waals surface area contributed by atoms with Crippen LogP contribution in [0.5, 0.6) is 0 Å². The van der Waals surface area contributed by atoms with Gasteiger partial charge in [-0.25, -0.2) is 8.78 Å². The van der Waals surface area contributed by atoms with Crippen molar-refractivity contribution in [1.82, 2.24) is 0 Å². The number of hydrogen-bond acceptors (Lipinski definition) is 2. The van der Waals surface area contributed by atoms with E-state index in [0.29, 0.717) is 5.56 Å². The number of rotatable bonds is 3. The predicted octanol–water partition coefficient (Wildman–Crippen LogP) is 5.39. The Bertz CT molecular complexity index is 640. The summed E-state index contributed by atoms with van der Waals surface area (Å²) >= 11 is 1.80. The highest BCUT2D eigenvalue weighted by molar-refractivity contribution is 7.12. The summed E-state index contributed by atoms with van der Waals surface area (Å²) in [4.78, 5) is 2.66. The van der Waals surface area contributed by atoms with Crippen LogP contribution in [0.15, 0.2) is 18.2 Å². The Balaban J connectivity index is 1.81. The molecule has 1 heterocycles. The van der Waals surface area contributed by atoms with Gasteiger partial charge in [-0.05, 0) is 62.8 Å². The molecule has 0 spiro atoms. The molecule has 0 aliphatic heterocycles. The second-order valence-corrected chi connectivity index (χ2v) is 6.92. The summed E-state index contributed by atoms with van der Waals surface area (Å²) in [6.07, 6.45) is 4.81. The van der Waals surface area contributed by atoms with Crippen LogP contribution < -0.4 is 5.32 Å². The standard InChI is InChI=1S/C17H19F2NS/c1-10-7-14(19)15(9-13(10)18)20-11(2)17-8-12-5-3-4-6-16(12)21-17/h7-9,11,20H,3-6H2,1-2H3. The molecule has 21 heavy (non-hydrogen) atoms. The van der Waals surface area contributed by atoms with Crippen molar-refractivity contribution in [3.63, 3.8) is 0 Å². The highest BCUT2D eigenvalue weighted by atomic mass is 32.1. The number of halogens is 2. The summed E-state index contributed by atoms with van der Waals surface area (Å²) in [6, 6.07) is 4.69. The Labute approximate surface area is 128 Å². The lowest BCUT2D eigenvalue weighted by Crippen LogP contribution is -2.07. The van der Waals surface area contributed by atoms with Gasteiger partial charge < -0.3 is 5.32 Å². The van der Waals surface area contributed by atoms with Gasteiger partial charge in [-0.15, -0.1) is 11.3 Å². The minimum atomic E-state index is -0.401. The van der Waals surface area contributed by atoms with Crippen LogP contribution in [-0.2, 0) is 12.8 Å². The Kier molecular flexibility index (Phi) is 3.98. The molecule has 1 aliphatic rings. The molecule has 0 amide bonds. The molecule has 0 saturated carbocycles. The summed E-state index contributed by atoms with van der Waals surface area (Å²) in [7, 11) is 0. The topological polar surface area (TPSA) is 12.0 Å². The van der Waals surface area contributed by atoms with Gasteiger partial charge in [0.2, 0.25) is 0 Å². The van der Waals surface area contributed by atoms with E-state index in [9.17, 15) is 8.78 Å². The highest BCUT2D eigenvalue weighted by Gasteiger charge is 2.17. The minimum absolute atomic E-state index is 0.0165. The molecule has 0 bridgehead atoms. The van der Waals surface area contributed by atoms with Gasteiger partial charge in [0.25, 0.3) is 0 Å². The SMILES string of the molecule is Cc1cc(F)c(NC(C)c2cc3c(s2)CCCC3)cc1F. The maximum Gasteiger partial charge on any atom is 0.146 e. The fourth-order valence-electron chi connectivity index (χ4n) is 2.79. The summed E-state index contributed by atoms with van der Waals surface area (Å²) in [5, 5.41) is 3.10. The first-order valence-electron chi connectivity index (χ1n) is 7.38. The number of anilines is 1. The van der Waals surface area contributed by atoms with Crippen molar-refractivity contribution in [3.05, 3.63) is 50.7 Å². The zero-order valence-electron chi connectivity index (χ0n) is 12.3. The molecule has 112 valence electrons. The summed E-state index contributed by atoms with van der Waals surface area (Å²) in [5.74, 6) is -0.779. The molecular formula is C17H19F2NS. The number of fused-ring (bicyclic) bond motifs is 1. The van der Waals surface area contributed by atoms with Gasteiger partial charge in [0.1, 0.15) is 11.6 Å². The molecule has 0 radical (unpaired) electrons. The minimum Gasteiger partial charge on any atom is -0.375 e. The number of hydrogen-bond donors (Lipinski definition) is 1. The first-order valence-corrected chi connectivity index (χ1v) is 8.20. The second kappa shape index (κ2) is 5.76. The van der Waals surface area contributed by atoms with E-state index in [0.717, 1.165) is 12.8 Å². The fourth-order valence-corrected chi connectivity index (χ4v) is 4.05. The molecule has 0 fully saturated rings. The average molecular weight is 307 g/mol. The Morgan fingerprint density at radius 3 is 2.62 bits per heavy atom. The molecule has 1 aromatic carbocycles. The fraction of sp³-hybridized carbons (Fsp3) is 0.412. The summed E-state index contributed by atoms with van der Waals surface area (Å²) in [6.45, 7) is 3.56. The first kappa shape index (κ1) is 14.5. The second-order valence-electron chi connectivity index (χ2n) is 5.75. The molecule has 0 saturated heterocycles. The number of thiophene rings is 1. The van der Waals surface area contributed by atoms with Crippen LogP contribution in [0.25, 0.3) is 0 Å². The Morgan fingerprint density at radius 2 is 1.86 bits per heavy atom. The summed E-state index contributed by atoms with van der Waals surface area (Å²) in [5.41, 5.74) is 2.00. The third-order valence-electron chi connectivity index (χ3n) is 4.06. The van der Waals surface area contributed by atoms with Crippen molar-refractivity contribution in [2.75, 3.05) is 5.32 Å². The van der Waals surface area contributed by atoms with Gasteiger partial charge >= 0.3 is 0 Å². The largest absolute Gasteiger partial charge is 0.375 e. The lowest BCUT2D eigenvalue weighted by atomic mass is 9.99. The maximum atomic E-state index is 13.9. The van der Waals surface area contributed by atoms with Gasteiger partial charge in [0, 0.05) is 15.8 Å². The molecule has 3 rings (SSSR count). The van der Waals surface area contributed by atoms with Gasteiger partial charge in [-0.1, -0.05) is 0 Å². The number of benzene rings is 1. The van der Waals surface area contributed by atoms with Crippen LogP contribution in [0.3, 0.4) is 0 Å². The maximum absolute atomic E-state index is 13.9. The molecule has 1 aliphatic carbocycles. The van der Waals surface area contributed by atoms with Crippen LogP contribution in [0.4, 0.5) is 14.5 Å². The molecule has 1 atom stereocenters. The van der Waals surface area contributed by atoms with E-state index in [1.807, 2.05) is 6.92 Å². The van der Waals surface area contributed by atoms with Crippen molar-refractivity contribution in [2.45, 2.75) is 45.6 Å². The molecule has 1 nitrogen and oxygen atoms in total. The molecule has 1 aromatic heterocycles. The van der Waals surface area contributed by atoms with Crippen LogP contribution >= 0.6 is 11.3 Å². The van der Waals surface area contributed by atoms with E-state index in [4.69, 9.17) is 0 Å². The van der Waals surface area contributed by atoms with E-state index in [1.54, 1.807) is 18.3 Å². The lowest BCUT2D eigenvalue weighted by molar-refractivity contribution is 0.593. The van der Waals surface area contributed by atoms with E-state index in [-0.39, 0.29) is 17.5 Å². The lowest BCUT2D eigenvalue weighted by Gasteiger charge is -2.15. The van der Waals surface area contributed by atoms with Crippen molar-refractivity contribution in [3.8, 4) is 0 Å². The zero-order chi connectivity index (χ0) is 15.0. The molecule has 2 aromatic rings. The van der Waals surface area contributed by atoms with Crippen molar-refractivity contribution in [2.24, 2.45) is 0 Å². The van der Waals surface area contributed by atoms with Crippen LogP contribution in [0.1, 0.15) is 46.7 Å². The van der Waals surface area contributed by atoms with Gasteiger partial charge in [0.05, 0.1) is 11.7 Å². The van der Waals surface area contributed by atoms with E-state index < -0.39 is 5.82 Å². The van der Waals surface area contributed by atoms with Crippen molar-refractivity contribution in [1.29, 1.82) is 0 Å². The Morgan fingerprint density at radius 1 is 1.10 bits per heavy atom. The monoisotopic (exact) mass is 307 g/mol. The van der Waals surface area contributed by atoms with Crippen LogP contribution in [-0.4, -0.2) is 0 Å². The molecule has 1 N–H and O–H groups in total. The van der Waals surface area contributed by atoms with Gasteiger partial charge in [0.15, 0.2) is 0 Å². The predicted molar refractivity (Wildman–Crippen MR) is 84.1 cm³/mol. The van der Waals surface area contributed by atoms with E-state index in [1.165, 1.54) is 40.3 Å². The van der Waals surface area contributed by atoms with Crippen molar-refractivity contribution >= 4 is 17.0 Å². The number of nitrogens with one attached hydrogen (secondary N) is 1.